The molecule has 1 unspecified atom stereocenters. The Labute approximate surface area is 102 Å². The van der Waals surface area contributed by atoms with Gasteiger partial charge in [0, 0.05) is 6.20 Å². The standard InChI is InChI=1S/C11H10N4OS/c12-5-7-4-8(13-6-7)11-14-10(15-16-11)9-2-1-3-17-9/h4,6,9,13H,1-3H2. The quantitative estimate of drug-likeness (QED) is 0.880. The Kier molecular flexibility index (Phi) is 2.61. The Hall–Kier alpha value is -1.74. The van der Waals surface area contributed by atoms with Gasteiger partial charge in [-0.2, -0.15) is 22.0 Å². The molecule has 1 aliphatic heterocycles. The average Bonchev–Trinajstić information content (AvgIpc) is 3.09. The fourth-order valence-electron chi connectivity index (χ4n) is 1.84. The maximum atomic E-state index is 8.74. The van der Waals surface area contributed by atoms with Gasteiger partial charge < -0.3 is 9.51 Å². The zero-order valence-corrected chi connectivity index (χ0v) is 9.83. The van der Waals surface area contributed by atoms with Crippen molar-refractivity contribution in [2.75, 3.05) is 5.75 Å². The maximum absolute atomic E-state index is 8.74. The van der Waals surface area contributed by atoms with E-state index in [0.29, 0.717) is 22.4 Å². The molecule has 1 fully saturated rings. The highest BCUT2D eigenvalue weighted by molar-refractivity contribution is 7.99. The van der Waals surface area contributed by atoms with Gasteiger partial charge >= 0.3 is 0 Å². The van der Waals surface area contributed by atoms with Gasteiger partial charge in [0.25, 0.3) is 5.89 Å². The third-order valence-corrected chi connectivity index (χ3v) is 4.08. The number of thioether (sulfide) groups is 1. The lowest BCUT2D eigenvalue weighted by molar-refractivity contribution is 0.420. The summed E-state index contributed by atoms with van der Waals surface area (Å²) in [4.78, 5) is 7.32. The number of H-pyrrole nitrogens is 1. The minimum atomic E-state index is 0.359. The largest absolute Gasteiger partial charge is 0.356 e. The van der Waals surface area contributed by atoms with Gasteiger partial charge in [0.2, 0.25) is 0 Å². The number of aromatic amines is 1. The molecule has 1 N–H and O–H groups in total. The number of nitrogens with zero attached hydrogens (tertiary/aromatic N) is 3. The van der Waals surface area contributed by atoms with Gasteiger partial charge in [0.15, 0.2) is 5.82 Å². The topological polar surface area (TPSA) is 78.5 Å². The van der Waals surface area contributed by atoms with Gasteiger partial charge in [-0.25, -0.2) is 0 Å². The van der Waals surface area contributed by atoms with Crippen molar-refractivity contribution in [2.45, 2.75) is 18.1 Å². The van der Waals surface area contributed by atoms with Crippen LogP contribution in [0.15, 0.2) is 16.8 Å². The van der Waals surface area contributed by atoms with Crippen molar-refractivity contribution in [2.24, 2.45) is 0 Å². The molecule has 2 aromatic heterocycles. The summed E-state index contributed by atoms with van der Waals surface area (Å²) in [5, 5.41) is 13.1. The van der Waals surface area contributed by atoms with Crippen molar-refractivity contribution in [3.05, 3.63) is 23.7 Å². The third kappa shape index (κ3) is 1.94. The molecule has 2 aromatic rings. The van der Waals surface area contributed by atoms with E-state index in [0.717, 1.165) is 18.0 Å². The monoisotopic (exact) mass is 246 g/mol. The van der Waals surface area contributed by atoms with Crippen LogP contribution in [0.3, 0.4) is 0 Å². The van der Waals surface area contributed by atoms with Gasteiger partial charge in [-0.1, -0.05) is 5.16 Å². The second kappa shape index (κ2) is 4.26. The molecule has 0 aliphatic carbocycles. The SMILES string of the molecule is N#Cc1c[nH]c(-c2nc(C3CCCS3)no2)c1. The van der Waals surface area contributed by atoms with Crippen molar-refractivity contribution >= 4 is 11.8 Å². The van der Waals surface area contributed by atoms with Crippen molar-refractivity contribution < 1.29 is 4.52 Å². The molecule has 17 heavy (non-hydrogen) atoms. The van der Waals surface area contributed by atoms with E-state index in [1.165, 1.54) is 6.42 Å². The molecule has 1 saturated heterocycles. The van der Waals surface area contributed by atoms with E-state index in [9.17, 15) is 0 Å². The number of hydrogen-bond donors (Lipinski definition) is 1. The molecule has 3 rings (SSSR count). The van der Waals surface area contributed by atoms with Crippen LogP contribution in [-0.4, -0.2) is 20.9 Å². The van der Waals surface area contributed by atoms with E-state index in [1.54, 1.807) is 12.3 Å². The van der Waals surface area contributed by atoms with Crippen LogP contribution in [-0.2, 0) is 0 Å². The lowest BCUT2D eigenvalue weighted by Gasteiger charge is -1.98. The molecule has 0 radical (unpaired) electrons. The normalized spacial score (nSPS) is 19.4. The Morgan fingerprint density at radius 3 is 3.24 bits per heavy atom. The predicted octanol–water partition coefficient (Wildman–Crippen LogP) is 2.50. The minimum Gasteiger partial charge on any atom is -0.356 e. The molecule has 1 aliphatic rings. The number of nitriles is 1. The number of aromatic nitrogens is 3. The average molecular weight is 246 g/mol. The number of rotatable bonds is 2. The lowest BCUT2D eigenvalue weighted by atomic mass is 10.2. The summed E-state index contributed by atoms with van der Waals surface area (Å²) in [6.45, 7) is 0. The molecule has 0 spiro atoms. The fourth-order valence-corrected chi connectivity index (χ4v) is 3.03. The third-order valence-electron chi connectivity index (χ3n) is 2.70. The summed E-state index contributed by atoms with van der Waals surface area (Å²) >= 11 is 1.87. The van der Waals surface area contributed by atoms with Gasteiger partial charge in [-0.15, -0.1) is 0 Å². The van der Waals surface area contributed by atoms with Crippen molar-refractivity contribution in [3.8, 4) is 17.7 Å². The molecule has 0 saturated carbocycles. The Morgan fingerprint density at radius 1 is 1.59 bits per heavy atom. The highest BCUT2D eigenvalue weighted by atomic mass is 32.2. The van der Waals surface area contributed by atoms with Crippen LogP contribution in [0.2, 0.25) is 0 Å². The molecule has 3 heterocycles. The number of nitrogens with one attached hydrogen (secondary N) is 1. The Bertz CT molecular complexity index is 562. The van der Waals surface area contributed by atoms with E-state index in [2.05, 4.69) is 21.2 Å². The Balaban J connectivity index is 1.86. The summed E-state index contributed by atoms with van der Waals surface area (Å²) < 4.78 is 5.21. The van der Waals surface area contributed by atoms with Gasteiger partial charge in [0.05, 0.1) is 10.8 Å². The molecular weight excluding hydrogens is 236 g/mol. The van der Waals surface area contributed by atoms with Crippen LogP contribution >= 0.6 is 11.8 Å². The van der Waals surface area contributed by atoms with E-state index >= 15 is 0 Å². The highest BCUT2D eigenvalue weighted by Crippen LogP contribution is 2.38. The van der Waals surface area contributed by atoms with E-state index in [-0.39, 0.29) is 0 Å². The zero-order valence-electron chi connectivity index (χ0n) is 9.01. The first-order chi connectivity index (χ1) is 8.36. The van der Waals surface area contributed by atoms with Gasteiger partial charge in [0.1, 0.15) is 11.8 Å². The molecule has 0 bridgehead atoms. The zero-order chi connectivity index (χ0) is 11.7. The summed E-state index contributed by atoms with van der Waals surface area (Å²) in [5.41, 5.74) is 1.26. The molecular formula is C11H10N4OS. The van der Waals surface area contributed by atoms with Gasteiger partial charge in [-0.3, -0.25) is 0 Å². The van der Waals surface area contributed by atoms with Crippen LogP contribution in [0.1, 0.15) is 29.5 Å². The second-order valence-electron chi connectivity index (χ2n) is 3.87. The molecule has 6 heteroatoms. The summed E-state index contributed by atoms with van der Waals surface area (Å²) in [6, 6.07) is 3.76. The smallest absolute Gasteiger partial charge is 0.274 e. The van der Waals surface area contributed by atoms with Crippen LogP contribution in [0, 0.1) is 11.3 Å². The summed E-state index contributed by atoms with van der Waals surface area (Å²) in [6.07, 6.45) is 3.95. The van der Waals surface area contributed by atoms with Crippen molar-refractivity contribution in [3.63, 3.8) is 0 Å². The molecule has 86 valence electrons. The summed E-state index contributed by atoms with van der Waals surface area (Å²) in [5.74, 6) is 2.37. The molecule has 1 atom stereocenters. The first-order valence-electron chi connectivity index (χ1n) is 5.41. The first-order valence-corrected chi connectivity index (χ1v) is 6.46. The maximum Gasteiger partial charge on any atom is 0.274 e. The van der Waals surface area contributed by atoms with Crippen LogP contribution in [0.25, 0.3) is 11.6 Å². The lowest BCUT2D eigenvalue weighted by Crippen LogP contribution is -1.91. The van der Waals surface area contributed by atoms with Crippen LogP contribution in [0.4, 0.5) is 0 Å². The van der Waals surface area contributed by atoms with Gasteiger partial charge in [-0.05, 0) is 24.7 Å². The molecule has 0 aromatic carbocycles. The summed E-state index contributed by atoms with van der Waals surface area (Å²) in [7, 11) is 0. The second-order valence-corrected chi connectivity index (χ2v) is 5.18. The highest BCUT2D eigenvalue weighted by Gasteiger charge is 2.23. The fraction of sp³-hybridized carbons (Fsp3) is 0.364. The minimum absolute atomic E-state index is 0.359. The van der Waals surface area contributed by atoms with E-state index < -0.39 is 0 Å². The predicted molar refractivity (Wildman–Crippen MR) is 63.2 cm³/mol. The van der Waals surface area contributed by atoms with Crippen molar-refractivity contribution in [1.29, 1.82) is 5.26 Å². The van der Waals surface area contributed by atoms with E-state index in [1.807, 2.05) is 11.8 Å². The van der Waals surface area contributed by atoms with Crippen LogP contribution < -0.4 is 0 Å². The number of hydrogen-bond acceptors (Lipinski definition) is 5. The van der Waals surface area contributed by atoms with E-state index in [4.69, 9.17) is 9.78 Å². The molecule has 5 nitrogen and oxygen atoms in total. The van der Waals surface area contributed by atoms with Crippen molar-refractivity contribution in [1.82, 2.24) is 15.1 Å². The molecule has 0 amide bonds. The first kappa shape index (κ1) is 10.4. The Morgan fingerprint density at radius 2 is 2.53 bits per heavy atom. The van der Waals surface area contributed by atoms with Crippen LogP contribution in [0.5, 0.6) is 0 Å².